The standard InChI is InChI=1S/C23H16FN3O5/c24-18-4-2-1-3-17(18)20-19(21(28)15-5-7-16(8-6-15)27(31)32)22(29)23(30)26(20)13-14-9-11-25-12-10-14/h1-12,20,28H,13H2/b21-19+. The third kappa shape index (κ3) is 3.71. The number of hydrogen-bond donors (Lipinski definition) is 1. The molecule has 0 saturated carbocycles. The summed E-state index contributed by atoms with van der Waals surface area (Å²) in [6, 6.07) is 12.7. The summed E-state index contributed by atoms with van der Waals surface area (Å²) < 4.78 is 14.8. The number of pyridine rings is 1. The summed E-state index contributed by atoms with van der Waals surface area (Å²) in [6.45, 7) is -0.0108. The van der Waals surface area contributed by atoms with Gasteiger partial charge in [0.05, 0.1) is 16.5 Å². The Morgan fingerprint density at radius 2 is 1.72 bits per heavy atom. The highest BCUT2D eigenvalue weighted by molar-refractivity contribution is 6.46. The molecular formula is C23H16FN3O5. The van der Waals surface area contributed by atoms with Crippen LogP contribution in [0.3, 0.4) is 0 Å². The number of carbonyl (C=O) groups is 2. The predicted octanol–water partition coefficient (Wildman–Crippen LogP) is 3.75. The maximum Gasteiger partial charge on any atom is 0.295 e. The SMILES string of the molecule is O=C1C(=O)N(Cc2ccncc2)C(c2ccccc2F)/C1=C(\O)c1ccc([N+](=O)[O-])cc1. The zero-order valence-electron chi connectivity index (χ0n) is 16.5. The molecule has 1 aliphatic heterocycles. The van der Waals surface area contributed by atoms with Gasteiger partial charge >= 0.3 is 0 Å². The normalized spacial score (nSPS) is 17.5. The average molecular weight is 433 g/mol. The van der Waals surface area contributed by atoms with Crippen LogP contribution in [-0.2, 0) is 16.1 Å². The van der Waals surface area contributed by atoms with Gasteiger partial charge in [0.25, 0.3) is 17.4 Å². The van der Waals surface area contributed by atoms with Crippen LogP contribution in [-0.4, -0.2) is 31.6 Å². The minimum atomic E-state index is -1.18. The molecule has 2 heterocycles. The molecule has 1 unspecified atom stereocenters. The number of halogens is 1. The number of Topliss-reactive ketones (excluding diaryl/α,β-unsaturated/α-hetero) is 1. The third-order valence-corrected chi connectivity index (χ3v) is 5.19. The van der Waals surface area contributed by atoms with Gasteiger partial charge in [0, 0.05) is 42.2 Å². The van der Waals surface area contributed by atoms with Crippen LogP contribution >= 0.6 is 0 Å². The van der Waals surface area contributed by atoms with Gasteiger partial charge in [-0.3, -0.25) is 24.7 Å². The van der Waals surface area contributed by atoms with Gasteiger partial charge in [0.2, 0.25) is 0 Å². The van der Waals surface area contributed by atoms with Gasteiger partial charge in [0.15, 0.2) is 0 Å². The molecule has 32 heavy (non-hydrogen) atoms. The molecule has 0 radical (unpaired) electrons. The van der Waals surface area contributed by atoms with Gasteiger partial charge in [-0.15, -0.1) is 0 Å². The topological polar surface area (TPSA) is 114 Å². The van der Waals surface area contributed by atoms with Crippen molar-refractivity contribution in [3.63, 3.8) is 0 Å². The number of nitro groups is 1. The number of nitrogens with zero attached hydrogens (tertiary/aromatic N) is 3. The number of aliphatic hydroxyl groups excluding tert-OH is 1. The number of amides is 1. The molecule has 1 saturated heterocycles. The summed E-state index contributed by atoms with van der Waals surface area (Å²) in [5.41, 5.74) is 0.315. The second kappa shape index (κ2) is 8.38. The Bertz CT molecular complexity index is 1240. The molecule has 4 rings (SSSR count). The van der Waals surface area contributed by atoms with E-state index in [1.807, 2.05) is 0 Å². The van der Waals surface area contributed by atoms with Crippen LogP contribution in [0, 0.1) is 15.9 Å². The lowest BCUT2D eigenvalue weighted by atomic mass is 9.94. The summed E-state index contributed by atoms with van der Waals surface area (Å²) >= 11 is 0. The van der Waals surface area contributed by atoms with Crippen LogP contribution in [0.1, 0.15) is 22.7 Å². The molecule has 0 bridgehead atoms. The fourth-order valence-electron chi connectivity index (χ4n) is 3.64. The average Bonchev–Trinajstić information content (AvgIpc) is 3.04. The predicted molar refractivity (Wildman–Crippen MR) is 112 cm³/mol. The molecule has 8 nitrogen and oxygen atoms in total. The molecule has 2 aromatic carbocycles. The Balaban J connectivity index is 1.86. The number of aromatic nitrogens is 1. The van der Waals surface area contributed by atoms with Crippen molar-refractivity contribution in [2.24, 2.45) is 0 Å². The van der Waals surface area contributed by atoms with Gasteiger partial charge in [-0.25, -0.2) is 4.39 Å². The van der Waals surface area contributed by atoms with E-state index in [2.05, 4.69) is 4.98 Å². The number of carbonyl (C=O) groups excluding carboxylic acids is 2. The van der Waals surface area contributed by atoms with Crippen molar-refractivity contribution in [3.8, 4) is 0 Å². The molecule has 1 aliphatic rings. The smallest absolute Gasteiger partial charge is 0.295 e. The van der Waals surface area contributed by atoms with Crippen molar-refractivity contribution in [2.45, 2.75) is 12.6 Å². The molecule has 9 heteroatoms. The summed E-state index contributed by atoms with van der Waals surface area (Å²) in [5.74, 6) is -3.04. The number of rotatable bonds is 5. The van der Waals surface area contributed by atoms with Crippen molar-refractivity contribution in [3.05, 3.63) is 111 Å². The summed E-state index contributed by atoms with van der Waals surface area (Å²) in [7, 11) is 0. The molecular weight excluding hydrogens is 417 g/mol. The Labute approximate surface area is 181 Å². The van der Waals surface area contributed by atoms with E-state index in [-0.39, 0.29) is 28.9 Å². The Hall–Kier alpha value is -4.40. The van der Waals surface area contributed by atoms with Crippen LogP contribution in [0.25, 0.3) is 5.76 Å². The van der Waals surface area contributed by atoms with E-state index in [1.165, 1.54) is 59.8 Å². The quantitative estimate of drug-likeness (QED) is 0.216. The largest absolute Gasteiger partial charge is 0.507 e. The van der Waals surface area contributed by atoms with Gasteiger partial charge in [-0.2, -0.15) is 0 Å². The lowest BCUT2D eigenvalue weighted by Gasteiger charge is -2.25. The molecule has 1 fully saturated rings. The first kappa shape index (κ1) is 20.9. The number of likely N-dealkylation sites (tertiary alicyclic amines) is 1. The van der Waals surface area contributed by atoms with Crippen LogP contribution in [0.2, 0.25) is 0 Å². The number of ketones is 1. The zero-order valence-corrected chi connectivity index (χ0v) is 16.5. The summed E-state index contributed by atoms with van der Waals surface area (Å²) in [4.78, 5) is 41.2. The zero-order chi connectivity index (χ0) is 22.8. The first-order valence-electron chi connectivity index (χ1n) is 9.55. The molecule has 160 valence electrons. The van der Waals surface area contributed by atoms with E-state index in [4.69, 9.17) is 0 Å². The van der Waals surface area contributed by atoms with Crippen molar-refractivity contribution >= 4 is 23.1 Å². The van der Waals surface area contributed by atoms with Crippen LogP contribution in [0.15, 0.2) is 78.6 Å². The molecule has 1 atom stereocenters. The Morgan fingerprint density at radius 3 is 2.34 bits per heavy atom. The molecule has 1 N–H and O–H groups in total. The highest BCUT2D eigenvalue weighted by Crippen LogP contribution is 2.41. The number of benzene rings is 2. The molecule has 0 aliphatic carbocycles. The third-order valence-electron chi connectivity index (χ3n) is 5.19. The van der Waals surface area contributed by atoms with Crippen LogP contribution in [0.5, 0.6) is 0 Å². The number of nitro benzene ring substituents is 1. The minimum Gasteiger partial charge on any atom is -0.507 e. The second-order valence-corrected chi connectivity index (χ2v) is 7.11. The monoisotopic (exact) mass is 433 g/mol. The Kier molecular flexibility index (Phi) is 5.46. The number of hydrogen-bond acceptors (Lipinski definition) is 6. The van der Waals surface area contributed by atoms with E-state index in [0.717, 1.165) is 0 Å². The number of aliphatic hydroxyl groups is 1. The van der Waals surface area contributed by atoms with Gasteiger partial charge in [-0.1, -0.05) is 18.2 Å². The first-order chi connectivity index (χ1) is 15.4. The van der Waals surface area contributed by atoms with Crippen molar-refractivity contribution in [2.75, 3.05) is 0 Å². The summed E-state index contributed by atoms with van der Waals surface area (Å²) in [6.07, 6.45) is 3.06. The number of non-ortho nitro benzene ring substituents is 1. The van der Waals surface area contributed by atoms with Gasteiger partial charge < -0.3 is 10.0 Å². The lowest BCUT2D eigenvalue weighted by molar-refractivity contribution is -0.384. The molecule has 1 aromatic heterocycles. The van der Waals surface area contributed by atoms with E-state index in [0.29, 0.717) is 5.56 Å². The first-order valence-corrected chi connectivity index (χ1v) is 9.55. The summed E-state index contributed by atoms with van der Waals surface area (Å²) in [5, 5.41) is 21.8. The highest BCUT2D eigenvalue weighted by atomic mass is 19.1. The van der Waals surface area contributed by atoms with Gasteiger partial charge in [-0.05, 0) is 35.9 Å². The molecule has 1 amide bonds. The molecule has 3 aromatic rings. The van der Waals surface area contributed by atoms with Crippen LogP contribution < -0.4 is 0 Å². The fourth-order valence-corrected chi connectivity index (χ4v) is 3.64. The molecule has 0 spiro atoms. The van der Waals surface area contributed by atoms with E-state index < -0.39 is 34.2 Å². The fraction of sp³-hybridized carbons (Fsp3) is 0.0870. The maximum atomic E-state index is 14.8. The van der Waals surface area contributed by atoms with Gasteiger partial charge in [0.1, 0.15) is 11.6 Å². The van der Waals surface area contributed by atoms with Crippen molar-refractivity contribution < 1.29 is 24.0 Å². The maximum absolute atomic E-state index is 14.8. The second-order valence-electron chi connectivity index (χ2n) is 7.11. The lowest BCUT2D eigenvalue weighted by Crippen LogP contribution is -2.29. The van der Waals surface area contributed by atoms with E-state index >= 15 is 0 Å². The minimum absolute atomic E-state index is 0.0108. The van der Waals surface area contributed by atoms with Crippen molar-refractivity contribution in [1.29, 1.82) is 0 Å². The van der Waals surface area contributed by atoms with E-state index in [9.17, 15) is 29.2 Å². The highest BCUT2D eigenvalue weighted by Gasteiger charge is 2.46. The van der Waals surface area contributed by atoms with E-state index in [1.54, 1.807) is 18.2 Å². The Morgan fingerprint density at radius 1 is 1.06 bits per heavy atom. The van der Waals surface area contributed by atoms with Crippen LogP contribution in [0.4, 0.5) is 10.1 Å². The van der Waals surface area contributed by atoms with Crippen molar-refractivity contribution in [1.82, 2.24) is 9.88 Å².